The van der Waals surface area contributed by atoms with Crippen LogP contribution < -0.4 is 0 Å². The second-order valence-corrected chi connectivity index (χ2v) is 12.2. The van der Waals surface area contributed by atoms with Gasteiger partial charge in [-0.05, 0) is 18.2 Å². The normalized spacial score (nSPS) is 12.0. The van der Waals surface area contributed by atoms with Crippen LogP contribution in [-0.4, -0.2) is 19.5 Å². The van der Waals surface area contributed by atoms with Crippen LogP contribution in [0.1, 0.15) is 0 Å². The smallest absolute Gasteiger partial charge is 0.238 e. The van der Waals surface area contributed by atoms with Gasteiger partial charge in [0, 0.05) is 52.8 Å². The first-order chi connectivity index (χ1) is 22.3. The summed E-state index contributed by atoms with van der Waals surface area (Å²) in [6, 6.07) is 45.8. The molecule has 0 saturated heterocycles. The molecule has 5 nitrogen and oxygen atoms in total. The summed E-state index contributed by atoms with van der Waals surface area (Å²) in [5.41, 5.74) is 5.54. The highest BCUT2D eigenvalue weighted by Crippen LogP contribution is 2.50. The van der Waals surface area contributed by atoms with Crippen LogP contribution in [0.4, 0.5) is 0 Å². The molecule has 4 heterocycles. The molecular formula is C39H22N4OS. The summed E-state index contributed by atoms with van der Waals surface area (Å²) in [7, 11) is 0. The molecule has 0 atom stereocenters. The van der Waals surface area contributed by atoms with Gasteiger partial charge in [0.15, 0.2) is 17.2 Å². The van der Waals surface area contributed by atoms with Crippen molar-refractivity contribution in [1.29, 1.82) is 0 Å². The topological polar surface area (TPSA) is 56.7 Å². The minimum atomic E-state index is 0.551. The third-order valence-corrected chi connectivity index (χ3v) is 9.83. The van der Waals surface area contributed by atoms with E-state index >= 15 is 0 Å². The number of rotatable bonds is 3. The number of hydrogen-bond donors (Lipinski definition) is 0. The minimum Gasteiger partial charge on any atom is -0.454 e. The van der Waals surface area contributed by atoms with Crippen molar-refractivity contribution in [3.63, 3.8) is 0 Å². The number of nitrogens with zero attached hydrogens (tertiary/aromatic N) is 4. The zero-order valence-electron chi connectivity index (χ0n) is 23.8. The third kappa shape index (κ3) is 3.51. The monoisotopic (exact) mass is 594 g/mol. The van der Waals surface area contributed by atoms with Crippen LogP contribution in [0, 0.1) is 0 Å². The minimum absolute atomic E-state index is 0.551. The fourth-order valence-corrected chi connectivity index (χ4v) is 7.99. The van der Waals surface area contributed by atoms with E-state index in [1.165, 1.54) is 20.2 Å². The quantitative estimate of drug-likeness (QED) is 0.204. The molecule has 0 saturated carbocycles. The van der Waals surface area contributed by atoms with Gasteiger partial charge in [-0.15, -0.1) is 11.3 Å². The number of furan rings is 1. The first-order valence-corrected chi connectivity index (χ1v) is 15.7. The highest BCUT2D eigenvalue weighted by atomic mass is 32.1. The molecule has 4 aromatic heterocycles. The lowest BCUT2D eigenvalue weighted by Gasteiger charge is -2.11. The largest absolute Gasteiger partial charge is 0.454 e. The second kappa shape index (κ2) is 9.32. The fourth-order valence-electron chi connectivity index (χ4n) is 6.72. The molecule has 210 valence electrons. The molecule has 6 aromatic carbocycles. The number of fused-ring (bicyclic) bond motifs is 12. The SMILES string of the molecule is c1ccc(-c2nc(-c3ccccc3)nc(-n3c4ccccc4c4c5c6ccccc6sc5c5c6ccccc6oc5c43)n2)cc1. The summed E-state index contributed by atoms with van der Waals surface area (Å²) < 4.78 is 11.5. The number of thiophene rings is 1. The summed E-state index contributed by atoms with van der Waals surface area (Å²) >= 11 is 1.83. The lowest BCUT2D eigenvalue weighted by molar-refractivity contribution is 0.671. The molecule has 6 heteroatoms. The van der Waals surface area contributed by atoms with Crippen molar-refractivity contribution in [1.82, 2.24) is 19.5 Å². The molecule has 0 N–H and O–H groups in total. The Morgan fingerprint density at radius 3 is 1.84 bits per heavy atom. The lowest BCUT2D eigenvalue weighted by Crippen LogP contribution is -2.06. The summed E-state index contributed by atoms with van der Waals surface area (Å²) in [6.07, 6.45) is 0. The maximum atomic E-state index is 6.81. The number of para-hydroxylation sites is 2. The second-order valence-electron chi connectivity index (χ2n) is 11.2. The van der Waals surface area contributed by atoms with Crippen LogP contribution in [0.2, 0.25) is 0 Å². The third-order valence-electron chi connectivity index (χ3n) is 8.65. The molecule has 0 spiro atoms. The molecule has 0 bridgehead atoms. The molecule has 45 heavy (non-hydrogen) atoms. The maximum absolute atomic E-state index is 6.81. The van der Waals surface area contributed by atoms with Crippen LogP contribution >= 0.6 is 11.3 Å². The standard InChI is InChI=1S/C39H22N4OS/c1-3-13-23(14-4-1)37-40-38(24-15-5-2-6-16-24)42-39(41-37)43-28-20-10-7-17-25(28)31-32-27-19-9-12-22-30(27)45-36(32)33-26-18-8-11-21-29(26)44-35(33)34(31)43/h1-22H. The van der Waals surface area contributed by atoms with Crippen LogP contribution in [0.5, 0.6) is 0 Å². The predicted octanol–water partition coefficient (Wildman–Crippen LogP) is 10.6. The van der Waals surface area contributed by atoms with Crippen molar-refractivity contribution in [2.24, 2.45) is 0 Å². The van der Waals surface area contributed by atoms with Gasteiger partial charge < -0.3 is 4.42 Å². The van der Waals surface area contributed by atoms with Crippen molar-refractivity contribution in [3.8, 4) is 28.7 Å². The molecular weight excluding hydrogens is 573 g/mol. The van der Waals surface area contributed by atoms with Gasteiger partial charge in [-0.2, -0.15) is 9.97 Å². The van der Waals surface area contributed by atoms with Crippen LogP contribution in [0.25, 0.3) is 92.6 Å². The van der Waals surface area contributed by atoms with Gasteiger partial charge in [-0.3, -0.25) is 4.57 Å². The highest BCUT2D eigenvalue weighted by molar-refractivity contribution is 7.27. The Kier molecular flexibility index (Phi) is 5.09. The number of benzene rings is 6. The zero-order valence-corrected chi connectivity index (χ0v) is 24.6. The van der Waals surface area contributed by atoms with Gasteiger partial charge in [-0.1, -0.05) is 115 Å². The zero-order chi connectivity index (χ0) is 29.5. The molecule has 10 aromatic rings. The van der Waals surface area contributed by atoms with E-state index in [0.717, 1.165) is 54.9 Å². The first kappa shape index (κ1) is 24.6. The van der Waals surface area contributed by atoms with Gasteiger partial charge >= 0.3 is 0 Å². The van der Waals surface area contributed by atoms with Gasteiger partial charge in [0.05, 0.1) is 5.52 Å². The molecule has 0 amide bonds. The summed E-state index contributed by atoms with van der Waals surface area (Å²) in [6.45, 7) is 0. The summed E-state index contributed by atoms with van der Waals surface area (Å²) in [5, 5.41) is 6.98. The van der Waals surface area contributed by atoms with Gasteiger partial charge in [-0.25, -0.2) is 4.98 Å². The Morgan fingerprint density at radius 1 is 0.511 bits per heavy atom. The molecule has 0 aliphatic rings. The Morgan fingerprint density at radius 2 is 1.11 bits per heavy atom. The highest BCUT2D eigenvalue weighted by Gasteiger charge is 2.26. The van der Waals surface area contributed by atoms with Crippen molar-refractivity contribution in [2.45, 2.75) is 0 Å². The van der Waals surface area contributed by atoms with E-state index in [2.05, 4.69) is 71.3 Å². The Balaban J connectivity index is 1.45. The molecule has 0 aliphatic heterocycles. The van der Waals surface area contributed by atoms with E-state index in [4.69, 9.17) is 19.4 Å². The first-order valence-electron chi connectivity index (χ1n) is 14.9. The molecule has 0 unspecified atom stereocenters. The van der Waals surface area contributed by atoms with Gasteiger partial charge in [0.2, 0.25) is 5.95 Å². The van der Waals surface area contributed by atoms with Crippen molar-refractivity contribution >= 4 is 75.3 Å². The van der Waals surface area contributed by atoms with Crippen LogP contribution in [-0.2, 0) is 0 Å². The van der Waals surface area contributed by atoms with Crippen molar-refractivity contribution in [2.75, 3.05) is 0 Å². The summed E-state index contributed by atoms with van der Waals surface area (Å²) in [5.74, 6) is 1.79. The van der Waals surface area contributed by atoms with Crippen molar-refractivity contribution in [3.05, 3.63) is 133 Å². The fraction of sp³-hybridized carbons (Fsp3) is 0. The average molecular weight is 595 g/mol. The molecule has 0 radical (unpaired) electrons. The van der Waals surface area contributed by atoms with E-state index in [0.29, 0.717) is 17.6 Å². The summed E-state index contributed by atoms with van der Waals surface area (Å²) in [4.78, 5) is 15.3. The molecule has 0 fully saturated rings. The average Bonchev–Trinajstić information content (AvgIpc) is 3.78. The number of hydrogen-bond acceptors (Lipinski definition) is 5. The van der Waals surface area contributed by atoms with E-state index in [1.54, 1.807) is 0 Å². The maximum Gasteiger partial charge on any atom is 0.238 e. The van der Waals surface area contributed by atoms with Crippen LogP contribution in [0.3, 0.4) is 0 Å². The Hall–Kier alpha value is -5.85. The van der Waals surface area contributed by atoms with E-state index < -0.39 is 0 Å². The van der Waals surface area contributed by atoms with Gasteiger partial charge in [0.25, 0.3) is 0 Å². The Labute approximate surface area is 260 Å². The number of aromatic nitrogens is 4. The van der Waals surface area contributed by atoms with E-state index in [9.17, 15) is 0 Å². The molecule has 0 aliphatic carbocycles. The van der Waals surface area contributed by atoms with Crippen LogP contribution in [0.15, 0.2) is 138 Å². The lowest BCUT2D eigenvalue weighted by atomic mass is 10.0. The molecule has 10 rings (SSSR count). The van der Waals surface area contributed by atoms with Gasteiger partial charge in [0.1, 0.15) is 11.1 Å². The van der Waals surface area contributed by atoms with E-state index in [-0.39, 0.29) is 0 Å². The predicted molar refractivity (Wildman–Crippen MR) is 185 cm³/mol. The van der Waals surface area contributed by atoms with E-state index in [1.807, 2.05) is 78.1 Å². The van der Waals surface area contributed by atoms with Crippen molar-refractivity contribution < 1.29 is 4.42 Å². The Bertz CT molecular complexity index is 2700.